The van der Waals surface area contributed by atoms with Crippen LogP contribution in [0.25, 0.3) is 0 Å². The zero-order valence-corrected chi connectivity index (χ0v) is 12.6. The minimum absolute atomic E-state index is 0.261. The smallest absolute Gasteiger partial charge is 0.403 e. The number of rotatable bonds is 2. The van der Waals surface area contributed by atoms with Crippen LogP contribution in [0.5, 0.6) is 5.75 Å². The molecule has 122 valence electrons. The van der Waals surface area contributed by atoms with Gasteiger partial charge in [0.2, 0.25) is 0 Å². The van der Waals surface area contributed by atoms with Gasteiger partial charge in [-0.1, -0.05) is 29.8 Å². The molecule has 0 bridgehead atoms. The molecule has 5 heteroatoms. The van der Waals surface area contributed by atoms with Crippen molar-refractivity contribution < 1.29 is 22.3 Å². The number of hydrogen-bond donors (Lipinski definition) is 0. The summed E-state index contributed by atoms with van der Waals surface area (Å²) in [5.74, 6) is -1.45. The number of halogens is 4. The summed E-state index contributed by atoms with van der Waals surface area (Å²) in [7, 11) is 0. The summed E-state index contributed by atoms with van der Waals surface area (Å²) in [6.45, 7) is 2.01. The van der Waals surface area contributed by atoms with E-state index in [1.165, 1.54) is 23.3 Å². The first-order valence-electron chi connectivity index (χ1n) is 7.45. The summed E-state index contributed by atoms with van der Waals surface area (Å²) in [6, 6.07) is 10.5. The number of benzene rings is 2. The van der Waals surface area contributed by atoms with Gasteiger partial charge in [-0.2, -0.15) is 0 Å². The Hall–Kier alpha value is -2.04. The third kappa shape index (κ3) is 3.66. The van der Waals surface area contributed by atoms with Gasteiger partial charge in [-0.25, -0.2) is 4.39 Å². The fraction of sp³-hybridized carbons (Fsp3) is 0.333. The lowest BCUT2D eigenvalue weighted by Crippen LogP contribution is -2.19. The monoisotopic (exact) mass is 324 g/mol. The van der Waals surface area contributed by atoms with Crippen molar-refractivity contribution >= 4 is 0 Å². The molecule has 1 aliphatic carbocycles. The second-order valence-electron chi connectivity index (χ2n) is 5.95. The molecule has 0 saturated heterocycles. The van der Waals surface area contributed by atoms with Gasteiger partial charge < -0.3 is 4.74 Å². The molecule has 0 radical (unpaired) electrons. The molecule has 1 nitrogen and oxygen atoms in total. The summed E-state index contributed by atoms with van der Waals surface area (Å²) >= 11 is 0. The van der Waals surface area contributed by atoms with Crippen LogP contribution in [0.1, 0.15) is 34.6 Å². The quantitative estimate of drug-likeness (QED) is 0.681. The van der Waals surface area contributed by atoms with E-state index in [1.807, 2.05) is 19.1 Å². The Balaban J connectivity index is 1.84. The predicted molar refractivity (Wildman–Crippen MR) is 79.0 cm³/mol. The second-order valence-corrected chi connectivity index (χ2v) is 5.95. The summed E-state index contributed by atoms with van der Waals surface area (Å²) in [6.07, 6.45) is -2.81. The predicted octanol–water partition coefficient (Wildman–Crippen LogP) is 5.31. The Morgan fingerprint density at radius 1 is 1.04 bits per heavy atom. The molecular formula is C18H16F4O. The highest BCUT2D eigenvalue weighted by Crippen LogP contribution is 2.36. The maximum absolute atomic E-state index is 13.9. The minimum atomic E-state index is -4.88. The summed E-state index contributed by atoms with van der Waals surface area (Å²) in [4.78, 5) is 0. The Labute approximate surface area is 131 Å². The SMILES string of the molecule is Cc1ccc(C2CCc3cc(OC(F)(F)F)c(F)cc3C2)cc1. The molecule has 0 spiro atoms. The highest BCUT2D eigenvalue weighted by molar-refractivity contribution is 5.41. The van der Waals surface area contributed by atoms with Crippen LogP contribution in [0.2, 0.25) is 0 Å². The first-order valence-corrected chi connectivity index (χ1v) is 7.45. The van der Waals surface area contributed by atoms with Gasteiger partial charge in [-0.05, 0) is 60.9 Å². The summed E-state index contributed by atoms with van der Waals surface area (Å²) in [5, 5.41) is 0. The summed E-state index contributed by atoms with van der Waals surface area (Å²) in [5.41, 5.74) is 3.84. The van der Waals surface area contributed by atoms with Crippen molar-refractivity contribution in [1.82, 2.24) is 0 Å². The maximum atomic E-state index is 13.9. The molecule has 1 aliphatic rings. The summed E-state index contributed by atoms with van der Waals surface area (Å²) < 4.78 is 54.5. The van der Waals surface area contributed by atoms with Gasteiger partial charge in [0, 0.05) is 0 Å². The molecule has 1 atom stereocenters. The van der Waals surface area contributed by atoms with E-state index in [0.29, 0.717) is 12.8 Å². The highest BCUT2D eigenvalue weighted by Gasteiger charge is 2.33. The number of aryl methyl sites for hydroxylation is 2. The van der Waals surface area contributed by atoms with Gasteiger partial charge in [-0.3, -0.25) is 0 Å². The van der Waals surface area contributed by atoms with Crippen LogP contribution in [0.15, 0.2) is 36.4 Å². The van der Waals surface area contributed by atoms with Crippen LogP contribution in [-0.4, -0.2) is 6.36 Å². The van der Waals surface area contributed by atoms with Gasteiger partial charge >= 0.3 is 6.36 Å². The third-order valence-electron chi connectivity index (χ3n) is 4.26. The topological polar surface area (TPSA) is 9.23 Å². The number of hydrogen-bond acceptors (Lipinski definition) is 1. The van der Waals surface area contributed by atoms with Crippen molar-refractivity contribution in [2.45, 2.75) is 38.5 Å². The van der Waals surface area contributed by atoms with Gasteiger partial charge in [-0.15, -0.1) is 13.2 Å². The van der Waals surface area contributed by atoms with Crippen LogP contribution in [-0.2, 0) is 12.8 Å². The largest absolute Gasteiger partial charge is 0.573 e. The van der Waals surface area contributed by atoms with E-state index in [2.05, 4.69) is 16.9 Å². The molecule has 0 aliphatic heterocycles. The standard InChI is InChI=1S/C18H16F4O/c1-11-2-4-12(5-3-11)13-6-7-14-10-17(23-18(20,21)22)16(19)9-15(14)8-13/h2-5,9-10,13H,6-8H2,1H3. The fourth-order valence-corrected chi connectivity index (χ4v) is 3.08. The van der Waals surface area contributed by atoms with Gasteiger partial charge in [0.25, 0.3) is 0 Å². The molecule has 0 N–H and O–H groups in total. The molecule has 0 fully saturated rings. The van der Waals surface area contributed by atoms with E-state index in [1.54, 1.807) is 0 Å². The van der Waals surface area contributed by atoms with E-state index >= 15 is 0 Å². The lowest BCUT2D eigenvalue weighted by atomic mass is 9.80. The van der Waals surface area contributed by atoms with Crippen LogP contribution >= 0.6 is 0 Å². The zero-order valence-electron chi connectivity index (χ0n) is 12.6. The van der Waals surface area contributed by atoms with Crippen LogP contribution < -0.4 is 4.74 Å². The van der Waals surface area contributed by atoms with Gasteiger partial charge in [0.05, 0.1) is 0 Å². The van der Waals surface area contributed by atoms with Crippen molar-refractivity contribution in [3.63, 3.8) is 0 Å². The van der Waals surface area contributed by atoms with E-state index in [9.17, 15) is 17.6 Å². The average Bonchev–Trinajstić information content (AvgIpc) is 2.47. The molecule has 0 aromatic heterocycles. The van der Waals surface area contributed by atoms with Crippen LogP contribution in [0.3, 0.4) is 0 Å². The maximum Gasteiger partial charge on any atom is 0.573 e. The second kappa shape index (κ2) is 5.87. The molecule has 0 saturated carbocycles. The first kappa shape index (κ1) is 15.8. The van der Waals surface area contributed by atoms with Crippen molar-refractivity contribution in [1.29, 1.82) is 0 Å². The van der Waals surface area contributed by atoms with Crippen LogP contribution in [0, 0.1) is 12.7 Å². The van der Waals surface area contributed by atoms with Gasteiger partial charge in [0.15, 0.2) is 11.6 Å². The normalized spacial score (nSPS) is 17.7. The lowest BCUT2D eigenvalue weighted by molar-refractivity contribution is -0.275. The Kier molecular flexibility index (Phi) is 4.04. The van der Waals surface area contributed by atoms with Crippen molar-refractivity contribution in [3.05, 3.63) is 64.5 Å². The van der Waals surface area contributed by atoms with Crippen molar-refractivity contribution in [3.8, 4) is 5.75 Å². The van der Waals surface area contributed by atoms with E-state index in [0.717, 1.165) is 17.5 Å². The fourth-order valence-electron chi connectivity index (χ4n) is 3.08. The van der Waals surface area contributed by atoms with E-state index in [-0.39, 0.29) is 5.92 Å². The van der Waals surface area contributed by atoms with Crippen molar-refractivity contribution in [2.24, 2.45) is 0 Å². The molecule has 1 unspecified atom stereocenters. The Morgan fingerprint density at radius 3 is 2.39 bits per heavy atom. The lowest BCUT2D eigenvalue weighted by Gasteiger charge is -2.26. The minimum Gasteiger partial charge on any atom is -0.403 e. The molecular weight excluding hydrogens is 308 g/mol. The molecule has 2 aromatic carbocycles. The molecule has 2 aromatic rings. The molecule has 0 amide bonds. The van der Waals surface area contributed by atoms with Crippen LogP contribution in [0.4, 0.5) is 17.6 Å². The highest BCUT2D eigenvalue weighted by atomic mass is 19.4. The Bertz CT molecular complexity index is 704. The number of alkyl halides is 3. The Morgan fingerprint density at radius 2 is 1.74 bits per heavy atom. The van der Waals surface area contributed by atoms with E-state index < -0.39 is 17.9 Å². The zero-order chi connectivity index (χ0) is 16.6. The van der Waals surface area contributed by atoms with Gasteiger partial charge in [0.1, 0.15) is 0 Å². The first-order chi connectivity index (χ1) is 10.8. The number of ether oxygens (including phenoxy) is 1. The molecule has 3 rings (SSSR count). The van der Waals surface area contributed by atoms with Crippen molar-refractivity contribution in [2.75, 3.05) is 0 Å². The average molecular weight is 324 g/mol. The molecule has 23 heavy (non-hydrogen) atoms. The third-order valence-corrected chi connectivity index (χ3v) is 4.26. The number of fused-ring (bicyclic) bond motifs is 1. The molecule has 0 heterocycles. The van der Waals surface area contributed by atoms with E-state index in [4.69, 9.17) is 0 Å².